The van der Waals surface area contributed by atoms with Crippen LogP contribution in [0, 0.1) is 0 Å². The molecular formula is C18H25N3O2. The molecule has 1 aliphatic heterocycles. The van der Waals surface area contributed by atoms with E-state index in [4.69, 9.17) is 0 Å². The van der Waals surface area contributed by atoms with Crippen molar-refractivity contribution >= 4 is 22.6 Å². The van der Waals surface area contributed by atoms with E-state index in [-0.39, 0.29) is 18.7 Å². The predicted molar refractivity (Wildman–Crippen MR) is 92.7 cm³/mol. The van der Waals surface area contributed by atoms with Gasteiger partial charge in [0.05, 0.1) is 11.2 Å². The maximum absolute atomic E-state index is 12.7. The molecule has 1 aromatic carbocycles. The molecule has 1 aromatic heterocycles. The quantitative estimate of drug-likeness (QED) is 0.908. The number of anilines is 1. The summed E-state index contributed by atoms with van der Waals surface area (Å²) in [5.74, 6) is 0. The van der Waals surface area contributed by atoms with Crippen molar-refractivity contribution in [1.29, 1.82) is 0 Å². The highest BCUT2D eigenvalue weighted by Crippen LogP contribution is 2.27. The molecule has 2 aromatic rings. The van der Waals surface area contributed by atoms with E-state index < -0.39 is 0 Å². The summed E-state index contributed by atoms with van der Waals surface area (Å²) in [5, 5.41) is 13.4. The molecule has 1 aliphatic rings. The van der Waals surface area contributed by atoms with E-state index in [2.05, 4.69) is 22.9 Å². The Morgan fingerprint density at radius 2 is 2.17 bits per heavy atom. The number of aliphatic hydroxyl groups excluding tert-OH is 1. The monoisotopic (exact) mass is 315 g/mol. The molecule has 5 nitrogen and oxygen atoms in total. The number of nitrogens with one attached hydrogen (secondary N) is 1. The van der Waals surface area contributed by atoms with Gasteiger partial charge in [-0.3, -0.25) is 0 Å². The van der Waals surface area contributed by atoms with Crippen LogP contribution in [-0.4, -0.2) is 39.8 Å². The molecular weight excluding hydrogens is 290 g/mol. The van der Waals surface area contributed by atoms with Crippen molar-refractivity contribution in [2.24, 2.45) is 0 Å². The number of rotatable bonds is 4. The normalized spacial score (nSPS) is 18.3. The lowest BCUT2D eigenvalue weighted by molar-refractivity contribution is 0.141. The largest absolute Gasteiger partial charge is 0.396 e. The van der Waals surface area contributed by atoms with Gasteiger partial charge in [0.2, 0.25) is 0 Å². The van der Waals surface area contributed by atoms with Gasteiger partial charge in [-0.2, -0.15) is 0 Å². The molecule has 1 atom stereocenters. The first-order valence-corrected chi connectivity index (χ1v) is 8.51. The van der Waals surface area contributed by atoms with Crippen molar-refractivity contribution in [1.82, 2.24) is 9.47 Å². The third-order valence-electron chi connectivity index (χ3n) is 4.72. The molecule has 23 heavy (non-hydrogen) atoms. The second kappa shape index (κ2) is 7.04. The summed E-state index contributed by atoms with van der Waals surface area (Å²) in [5.41, 5.74) is 2.00. The van der Waals surface area contributed by atoms with Gasteiger partial charge in [-0.15, -0.1) is 0 Å². The number of hydrogen-bond donors (Lipinski definition) is 2. The number of amides is 2. The standard InChI is InChI=1S/C18H25N3O2/c1-2-20-13-16(15-8-3-4-9-17(15)20)19-18(23)21-11-6-5-7-14(21)10-12-22/h3-4,8-9,13-14,22H,2,5-7,10-12H2,1H3,(H,19,23). The van der Waals surface area contributed by atoms with Crippen molar-refractivity contribution < 1.29 is 9.90 Å². The summed E-state index contributed by atoms with van der Waals surface area (Å²) in [6.45, 7) is 3.86. The number of piperidine rings is 1. The SMILES string of the molecule is CCn1cc(NC(=O)N2CCCCC2CCO)c2ccccc21. The molecule has 2 N–H and O–H groups in total. The van der Waals surface area contributed by atoms with Gasteiger partial charge in [0, 0.05) is 37.3 Å². The lowest BCUT2D eigenvalue weighted by atomic mass is 10.0. The minimum Gasteiger partial charge on any atom is -0.396 e. The summed E-state index contributed by atoms with van der Waals surface area (Å²) < 4.78 is 2.15. The summed E-state index contributed by atoms with van der Waals surface area (Å²) >= 11 is 0. The Labute approximate surface area is 136 Å². The fourth-order valence-electron chi connectivity index (χ4n) is 3.51. The number of aryl methyl sites for hydroxylation is 1. The van der Waals surface area contributed by atoms with Crippen LogP contribution in [0.4, 0.5) is 10.5 Å². The number of urea groups is 1. The zero-order valence-corrected chi connectivity index (χ0v) is 13.7. The number of aliphatic hydroxyl groups is 1. The van der Waals surface area contributed by atoms with Crippen molar-refractivity contribution in [2.75, 3.05) is 18.5 Å². The highest BCUT2D eigenvalue weighted by Gasteiger charge is 2.26. The predicted octanol–water partition coefficient (Wildman–Crippen LogP) is 3.43. The van der Waals surface area contributed by atoms with Crippen LogP contribution in [0.5, 0.6) is 0 Å². The molecule has 1 unspecified atom stereocenters. The fraction of sp³-hybridized carbons (Fsp3) is 0.500. The average molecular weight is 315 g/mol. The minimum atomic E-state index is -0.0536. The minimum absolute atomic E-state index is 0.0536. The van der Waals surface area contributed by atoms with Crippen LogP contribution in [0.3, 0.4) is 0 Å². The van der Waals surface area contributed by atoms with E-state index in [1.807, 2.05) is 29.3 Å². The Morgan fingerprint density at radius 3 is 2.96 bits per heavy atom. The molecule has 5 heteroatoms. The zero-order valence-electron chi connectivity index (χ0n) is 13.7. The number of carbonyl (C=O) groups excluding carboxylic acids is 1. The van der Waals surface area contributed by atoms with Crippen LogP contribution in [-0.2, 0) is 6.54 Å². The van der Waals surface area contributed by atoms with Gasteiger partial charge in [-0.1, -0.05) is 18.2 Å². The Balaban J connectivity index is 1.82. The van der Waals surface area contributed by atoms with Gasteiger partial charge in [-0.05, 0) is 38.7 Å². The molecule has 0 radical (unpaired) electrons. The second-order valence-corrected chi connectivity index (χ2v) is 6.13. The molecule has 0 saturated carbocycles. The van der Waals surface area contributed by atoms with Crippen LogP contribution in [0.15, 0.2) is 30.5 Å². The maximum Gasteiger partial charge on any atom is 0.322 e. The van der Waals surface area contributed by atoms with Gasteiger partial charge in [0.1, 0.15) is 0 Å². The Hall–Kier alpha value is -2.01. The van der Waals surface area contributed by atoms with Crippen LogP contribution < -0.4 is 5.32 Å². The number of para-hydroxylation sites is 1. The zero-order chi connectivity index (χ0) is 16.2. The summed E-state index contributed by atoms with van der Waals surface area (Å²) in [4.78, 5) is 14.6. The molecule has 124 valence electrons. The van der Waals surface area contributed by atoms with E-state index in [1.165, 1.54) is 0 Å². The van der Waals surface area contributed by atoms with E-state index in [0.717, 1.165) is 48.9 Å². The van der Waals surface area contributed by atoms with Crippen LogP contribution in [0.1, 0.15) is 32.6 Å². The summed E-state index contributed by atoms with van der Waals surface area (Å²) in [6, 6.07) is 8.22. The molecule has 1 saturated heterocycles. The van der Waals surface area contributed by atoms with Crippen molar-refractivity contribution in [3.63, 3.8) is 0 Å². The number of fused-ring (bicyclic) bond motifs is 1. The van der Waals surface area contributed by atoms with E-state index in [0.29, 0.717) is 6.42 Å². The molecule has 3 rings (SSSR count). The number of nitrogens with zero attached hydrogens (tertiary/aromatic N) is 2. The first-order chi connectivity index (χ1) is 11.2. The van der Waals surface area contributed by atoms with E-state index in [9.17, 15) is 9.90 Å². The van der Waals surface area contributed by atoms with Crippen LogP contribution in [0.25, 0.3) is 10.9 Å². The van der Waals surface area contributed by atoms with Gasteiger partial charge >= 0.3 is 6.03 Å². The van der Waals surface area contributed by atoms with Crippen molar-refractivity contribution in [3.8, 4) is 0 Å². The van der Waals surface area contributed by atoms with Crippen molar-refractivity contribution in [3.05, 3.63) is 30.5 Å². The lowest BCUT2D eigenvalue weighted by Crippen LogP contribution is -2.46. The number of aromatic nitrogens is 1. The molecule has 2 heterocycles. The van der Waals surface area contributed by atoms with Gasteiger partial charge < -0.3 is 19.9 Å². The van der Waals surface area contributed by atoms with Crippen LogP contribution in [0.2, 0.25) is 0 Å². The van der Waals surface area contributed by atoms with E-state index >= 15 is 0 Å². The fourth-order valence-corrected chi connectivity index (χ4v) is 3.51. The Kier molecular flexibility index (Phi) is 4.86. The smallest absolute Gasteiger partial charge is 0.322 e. The number of benzene rings is 1. The van der Waals surface area contributed by atoms with Gasteiger partial charge in [0.25, 0.3) is 0 Å². The third-order valence-corrected chi connectivity index (χ3v) is 4.72. The molecule has 0 spiro atoms. The second-order valence-electron chi connectivity index (χ2n) is 6.13. The third kappa shape index (κ3) is 3.20. The summed E-state index contributed by atoms with van der Waals surface area (Å²) in [6.07, 6.45) is 5.80. The van der Waals surface area contributed by atoms with Gasteiger partial charge in [0.15, 0.2) is 0 Å². The maximum atomic E-state index is 12.7. The van der Waals surface area contributed by atoms with Crippen molar-refractivity contribution in [2.45, 2.75) is 45.2 Å². The summed E-state index contributed by atoms with van der Waals surface area (Å²) in [7, 11) is 0. The first-order valence-electron chi connectivity index (χ1n) is 8.51. The van der Waals surface area contributed by atoms with Crippen LogP contribution >= 0.6 is 0 Å². The Morgan fingerprint density at radius 1 is 1.35 bits per heavy atom. The van der Waals surface area contributed by atoms with E-state index in [1.54, 1.807) is 0 Å². The highest BCUT2D eigenvalue weighted by atomic mass is 16.3. The lowest BCUT2D eigenvalue weighted by Gasteiger charge is -2.35. The first kappa shape index (κ1) is 15.9. The number of carbonyl (C=O) groups is 1. The van der Waals surface area contributed by atoms with Gasteiger partial charge in [-0.25, -0.2) is 4.79 Å². The average Bonchev–Trinajstić information content (AvgIpc) is 2.94. The molecule has 0 aliphatic carbocycles. The number of hydrogen-bond acceptors (Lipinski definition) is 2. The number of likely N-dealkylation sites (tertiary alicyclic amines) is 1. The molecule has 2 amide bonds. The molecule has 0 bridgehead atoms. The highest BCUT2D eigenvalue weighted by molar-refractivity contribution is 6.01. The molecule has 1 fully saturated rings. The Bertz CT molecular complexity index is 678. The topological polar surface area (TPSA) is 57.5 Å².